The van der Waals surface area contributed by atoms with E-state index in [2.05, 4.69) is 23.2 Å². The number of nitrogens with zero attached hydrogens (tertiary/aromatic N) is 1. The lowest BCUT2D eigenvalue weighted by Gasteiger charge is -2.22. The van der Waals surface area contributed by atoms with E-state index < -0.39 is 0 Å². The minimum absolute atomic E-state index is 0.164. The van der Waals surface area contributed by atoms with Crippen molar-refractivity contribution in [2.24, 2.45) is 11.0 Å². The van der Waals surface area contributed by atoms with Gasteiger partial charge >= 0.3 is 5.97 Å². The lowest BCUT2D eigenvalue weighted by molar-refractivity contribution is -0.123. The van der Waals surface area contributed by atoms with Gasteiger partial charge in [-0.05, 0) is 68.9 Å². The number of hydrogen-bond donors (Lipinski definition) is 1. The second kappa shape index (κ2) is 10.4. The van der Waals surface area contributed by atoms with Gasteiger partial charge in [0.1, 0.15) is 5.75 Å². The van der Waals surface area contributed by atoms with Crippen molar-refractivity contribution in [2.75, 3.05) is 13.2 Å². The Labute approximate surface area is 166 Å². The number of hydrogen-bond acceptors (Lipinski definition) is 5. The van der Waals surface area contributed by atoms with E-state index >= 15 is 0 Å². The van der Waals surface area contributed by atoms with Crippen molar-refractivity contribution in [2.45, 2.75) is 40.0 Å². The molecule has 1 unspecified atom stereocenters. The Morgan fingerprint density at radius 1 is 1.29 bits per heavy atom. The third-order valence-corrected chi connectivity index (χ3v) is 4.51. The molecule has 0 heterocycles. The van der Waals surface area contributed by atoms with Crippen molar-refractivity contribution in [3.63, 3.8) is 0 Å². The second-order valence-electron chi connectivity index (χ2n) is 6.91. The predicted octanol–water partition coefficient (Wildman–Crippen LogP) is 4.04. The molecule has 2 rings (SSSR count). The molecule has 1 aromatic rings. The van der Waals surface area contributed by atoms with Crippen molar-refractivity contribution >= 4 is 17.6 Å². The molecule has 1 aliphatic rings. The summed E-state index contributed by atoms with van der Waals surface area (Å²) >= 11 is 0. The number of hydrazone groups is 1. The average Bonchev–Trinajstić information content (AvgIpc) is 2.70. The Balaban J connectivity index is 1.84. The van der Waals surface area contributed by atoms with E-state index in [0.29, 0.717) is 23.8 Å². The van der Waals surface area contributed by atoms with E-state index in [9.17, 15) is 9.59 Å². The summed E-state index contributed by atoms with van der Waals surface area (Å²) in [6.07, 6.45) is 4.63. The Hall–Kier alpha value is -2.89. The monoisotopic (exact) mass is 384 g/mol. The Kier molecular flexibility index (Phi) is 7.99. The first-order chi connectivity index (χ1) is 13.4. The lowest BCUT2D eigenvalue weighted by Crippen LogP contribution is -2.27. The quantitative estimate of drug-likeness (QED) is 0.417. The van der Waals surface area contributed by atoms with Crippen molar-refractivity contribution in [3.05, 3.63) is 53.6 Å². The summed E-state index contributed by atoms with van der Waals surface area (Å²) in [4.78, 5) is 23.8. The summed E-state index contributed by atoms with van der Waals surface area (Å²) in [5, 5.41) is 4.24. The van der Waals surface area contributed by atoms with Crippen molar-refractivity contribution in [1.82, 2.24) is 5.43 Å². The number of allylic oxidation sites excluding steroid dienone is 3. The third kappa shape index (κ3) is 6.37. The fourth-order valence-electron chi connectivity index (χ4n) is 2.70. The molecule has 0 spiro atoms. The van der Waals surface area contributed by atoms with Crippen LogP contribution in [-0.4, -0.2) is 30.8 Å². The maximum absolute atomic E-state index is 12.0. The number of benzene rings is 1. The number of esters is 1. The summed E-state index contributed by atoms with van der Waals surface area (Å²) in [5.74, 6) is 0.138. The molecule has 1 atom stereocenters. The minimum atomic E-state index is -0.370. The molecule has 0 aliphatic heterocycles. The van der Waals surface area contributed by atoms with Gasteiger partial charge in [0.2, 0.25) is 0 Å². The van der Waals surface area contributed by atoms with Gasteiger partial charge in [0, 0.05) is 0 Å². The molecule has 0 bridgehead atoms. The van der Waals surface area contributed by atoms with Crippen LogP contribution in [0.4, 0.5) is 0 Å². The first kappa shape index (κ1) is 21.4. The summed E-state index contributed by atoms with van der Waals surface area (Å²) < 4.78 is 10.5. The summed E-state index contributed by atoms with van der Waals surface area (Å²) in [5.41, 5.74) is 6.05. The zero-order valence-electron chi connectivity index (χ0n) is 16.8. The Bertz CT molecular complexity index is 778. The van der Waals surface area contributed by atoms with Crippen molar-refractivity contribution < 1.29 is 19.1 Å². The van der Waals surface area contributed by atoms with E-state index in [4.69, 9.17) is 9.47 Å². The van der Waals surface area contributed by atoms with Crippen LogP contribution >= 0.6 is 0 Å². The van der Waals surface area contributed by atoms with E-state index in [-0.39, 0.29) is 18.5 Å². The Morgan fingerprint density at radius 3 is 2.64 bits per heavy atom. The van der Waals surface area contributed by atoms with Gasteiger partial charge in [0.05, 0.1) is 17.9 Å². The SMILES string of the molecule is C=C(C)C1CC=C(C)C(=NNC(=O)COc2ccc(C(=O)OCCC)cc2)C1. The smallest absolute Gasteiger partial charge is 0.338 e. The summed E-state index contributed by atoms with van der Waals surface area (Å²) in [7, 11) is 0. The largest absolute Gasteiger partial charge is 0.484 e. The molecule has 28 heavy (non-hydrogen) atoms. The van der Waals surface area contributed by atoms with Crippen molar-refractivity contribution in [1.29, 1.82) is 0 Å². The maximum atomic E-state index is 12.0. The van der Waals surface area contributed by atoms with Gasteiger partial charge in [-0.15, -0.1) is 0 Å². The summed E-state index contributed by atoms with van der Waals surface area (Å²) in [6, 6.07) is 6.49. The number of nitrogens with one attached hydrogen (secondary N) is 1. The van der Waals surface area contributed by atoms with Gasteiger partial charge in [0.25, 0.3) is 5.91 Å². The van der Waals surface area contributed by atoms with E-state index in [0.717, 1.165) is 36.1 Å². The number of ether oxygens (including phenoxy) is 2. The van der Waals surface area contributed by atoms with E-state index in [1.54, 1.807) is 24.3 Å². The van der Waals surface area contributed by atoms with Crippen LogP contribution in [0.1, 0.15) is 50.4 Å². The highest BCUT2D eigenvalue weighted by atomic mass is 16.5. The van der Waals surface area contributed by atoms with Crippen LogP contribution in [-0.2, 0) is 9.53 Å². The molecule has 0 saturated heterocycles. The molecule has 1 aliphatic carbocycles. The first-order valence-electron chi connectivity index (χ1n) is 9.48. The fourth-order valence-corrected chi connectivity index (χ4v) is 2.70. The zero-order chi connectivity index (χ0) is 20.5. The minimum Gasteiger partial charge on any atom is -0.484 e. The van der Waals surface area contributed by atoms with Gasteiger partial charge in [0.15, 0.2) is 6.61 Å². The molecule has 0 fully saturated rings. The van der Waals surface area contributed by atoms with Crippen LogP contribution < -0.4 is 10.2 Å². The molecule has 1 amide bonds. The normalized spacial score (nSPS) is 17.6. The standard InChI is InChI=1S/C22H28N2O4/c1-5-12-27-22(26)17-8-10-19(11-9-17)28-14-21(25)24-23-20-13-18(15(2)3)7-6-16(20)4/h6,8-11,18H,2,5,7,12-14H2,1,3-4H3,(H,24,25). The molecule has 6 heteroatoms. The van der Waals surface area contributed by atoms with Gasteiger partial charge in [-0.3, -0.25) is 4.79 Å². The highest BCUT2D eigenvalue weighted by Crippen LogP contribution is 2.26. The predicted molar refractivity (Wildman–Crippen MR) is 109 cm³/mol. The number of rotatable bonds is 8. The molecular formula is C22H28N2O4. The van der Waals surface area contributed by atoms with Gasteiger partial charge < -0.3 is 9.47 Å². The fraction of sp³-hybridized carbons (Fsp3) is 0.409. The van der Waals surface area contributed by atoms with Crippen LogP contribution in [0.5, 0.6) is 5.75 Å². The summed E-state index contributed by atoms with van der Waals surface area (Å²) in [6.45, 7) is 10.2. The Morgan fingerprint density at radius 2 is 2.00 bits per heavy atom. The molecule has 6 nitrogen and oxygen atoms in total. The van der Waals surface area contributed by atoms with Crippen LogP contribution in [0.15, 0.2) is 53.2 Å². The molecule has 0 radical (unpaired) electrons. The van der Waals surface area contributed by atoms with Crippen LogP contribution in [0.25, 0.3) is 0 Å². The van der Waals surface area contributed by atoms with Crippen LogP contribution in [0.3, 0.4) is 0 Å². The van der Waals surface area contributed by atoms with Gasteiger partial charge in [-0.25, -0.2) is 10.2 Å². The lowest BCUT2D eigenvalue weighted by atomic mass is 9.85. The molecule has 150 valence electrons. The highest BCUT2D eigenvalue weighted by molar-refractivity contribution is 6.01. The average molecular weight is 384 g/mol. The van der Waals surface area contributed by atoms with Crippen LogP contribution in [0.2, 0.25) is 0 Å². The van der Waals surface area contributed by atoms with Crippen LogP contribution in [0, 0.1) is 5.92 Å². The van der Waals surface area contributed by atoms with E-state index in [1.807, 2.05) is 20.8 Å². The first-order valence-corrected chi connectivity index (χ1v) is 9.48. The maximum Gasteiger partial charge on any atom is 0.338 e. The zero-order valence-corrected chi connectivity index (χ0v) is 16.8. The van der Waals surface area contributed by atoms with E-state index in [1.165, 1.54) is 0 Å². The molecule has 0 aromatic heterocycles. The highest BCUT2D eigenvalue weighted by Gasteiger charge is 2.18. The molecule has 1 aromatic carbocycles. The third-order valence-electron chi connectivity index (χ3n) is 4.51. The topological polar surface area (TPSA) is 77.0 Å². The molecule has 1 N–H and O–H groups in total. The van der Waals surface area contributed by atoms with Gasteiger partial charge in [-0.2, -0.15) is 5.10 Å². The number of amides is 1. The second-order valence-corrected chi connectivity index (χ2v) is 6.91. The number of carbonyl (C=O) groups excluding carboxylic acids is 2. The van der Waals surface area contributed by atoms with Crippen molar-refractivity contribution in [3.8, 4) is 5.75 Å². The number of carbonyl (C=O) groups is 2. The molecule has 0 saturated carbocycles. The van der Waals surface area contributed by atoms with Gasteiger partial charge in [-0.1, -0.05) is 25.2 Å². The molecular weight excluding hydrogens is 356 g/mol.